The van der Waals surface area contributed by atoms with E-state index >= 15 is 0 Å². The SMILES string of the molecule is CCCCCNC1CC2(CCCC2)Oc2ccc(OC)cc21. The molecule has 1 aromatic rings. The fraction of sp³-hybridized carbons (Fsp3) is 0.684. The molecular weight excluding hydrogens is 274 g/mol. The number of rotatable bonds is 6. The molecular formula is C19H29NO2. The highest BCUT2D eigenvalue weighted by Gasteiger charge is 2.42. The number of ether oxygens (including phenoxy) is 2. The molecule has 3 rings (SSSR count). The maximum atomic E-state index is 6.44. The molecule has 1 atom stereocenters. The molecule has 2 aliphatic rings. The van der Waals surface area contributed by atoms with E-state index in [1.165, 1.54) is 50.5 Å². The Kier molecular flexibility index (Phi) is 4.92. The van der Waals surface area contributed by atoms with Crippen LogP contribution in [-0.2, 0) is 0 Å². The van der Waals surface area contributed by atoms with E-state index in [4.69, 9.17) is 9.47 Å². The number of methoxy groups -OCH3 is 1. The van der Waals surface area contributed by atoms with Crippen LogP contribution in [0.1, 0.15) is 69.9 Å². The van der Waals surface area contributed by atoms with E-state index in [9.17, 15) is 0 Å². The van der Waals surface area contributed by atoms with Gasteiger partial charge >= 0.3 is 0 Å². The van der Waals surface area contributed by atoms with E-state index in [2.05, 4.69) is 24.4 Å². The quantitative estimate of drug-likeness (QED) is 0.778. The van der Waals surface area contributed by atoms with Gasteiger partial charge in [0.1, 0.15) is 17.1 Å². The fourth-order valence-electron chi connectivity index (χ4n) is 3.93. The van der Waals surface area contributed by atoms with Crippen LogP contribution in [0.3, 0.4) is 0 Å². The number of nitrogens with one attached hydrogen (secondary N) is 1. The van der Waals surface area contributed by atoms with Gasteiger partial charge in [-0.05, 0) is 56.8 Å². The van der Waals surface area contributed by atoms with E-state index in [1.807, 2.05) is 6.07 Å². The summed E-state index contributed by atoms with van der Waals surface area (Å²) >= 11 is 0. The summed E-state index contributed by atoms with van der Waals surface area (Å²) in [6, 6.07) is 6.65. The molecule has 1 aliphatic carbocycles. The van der Waals surface area contributed by atoms with Gasteiger partial charge in [0.05, 0.1) is 7.11 Å². The second-order valence-electron chi connectivity index (χ2n) is 6.81. The average molecular weight is 303 g/mol. The first-order valence-electron chi connectivity index (χ1n) is 8.87. The lowest BCUT2D eigenvalue weighted by Gasteiger charge is -2.40. The van der Waals surface area contributed by atoms with Crippen molar-refractivity contribution in [1.82, 2.24) is 5.32 Å². The van der Waals surface area contributed by atoms with Gasteiger partial charge < -0.3 is 14.8 Å². The number of unbranched alkanes of at least 4 members (excludes halogenated alkanes) is 2. The van der Waals surface area contributed by atoms with Crippen LogP contribution >= 0.6 is 0 Å². The van der Waals surface area contributed by atoms with Crippen LogP contribution in [0.25, 0.3) is 0 Å². The molecule has 1 unspecified atom stereocenters. The monoisotopic (exact) mass is 303 g/mol. The Balaban J connectivity index is 1.79. The Labute approximate surface area is 134 Å². The smallest absolute Gasteiger partial charge is 0.125 e. The van der Waals surface area contributed by atoms with Crippen molar-refractivity contribution in [2.24, 2.45) is 0 Å². The second kappa shape index (κ2) is 6.91. The highest BCUT2D eigenvalue weighted by molar-refractivity contribution is 5.44. The summed E-state index contributed by atoms with van der Waals surface area (Å²) in [7, 11) is 1.73. The Hall–Kier alpha value is -1.22. The van der Waals surface area contributed by atoms with E-state index in [0.29, 0.717) is 6.04 Å². The molecule has 22 heavy (non-hydrogen) atoms. The Bertz CT molecular complexity index is 494. The largest absolute Gasteiger partial charge is 0.497 e. The van der Waals surface area contributed by atoms with Gasteiger partial charge in [0.25, 0.3) is 0 Å². The van der Waals surface area contributed by atoms with Crippen molar-refractivity contribution in [2.45, 2.75) is 69.9 Å². The van der Waals surface area contributed by atoms with Crippen LogP contribution < -0.4 is 14.8 Å². The van der Waals surface area contributed by atoms with E-state index in [0.717, 1.165) is 24.5 Å². The molecule has 1 fully saturated rings. The summed E-state index contributed by atoms with van der Waals surface area (Å²) in [5.74, 6) is 1.98. The molecule has 1 N–H and O–H groups in total. The first kappa shape index (κ1) is 15.7. The first-order valence-corrected chi connectivity index (χ1v) is 8.87. The molecule has 3 nitrogen and oxygen atoms in total. The van der Waals surface area contributed by atoms with Gasteiger partial charge in [-0.25, -0.2) is 0 Å². The molecule has 3 heteroatoms. The van der Waals surface area contributed by atoms with Gasteiger partial charge in [-0.3, -0.25) is 0 Å². The van der Waals surface area contributed by atoms with Crippen LogP contribution in [0.2, 0.25) is 0 Å². The molecule has 0 aromatic heterocycles. The maximum absolute atomic E-state index is 6.44. The lowest BCUT2D eigenvalue weighted by Crippen LogP contribution is -2.42. The molecule has 0 amide bonds. The molecule has 0 saturated heterocycles. The number of benzene rings is 1. The minimum atomic E-state index is 0.0734. The van der Waals surface area contributed by atoms with Crippen molar-refractivity contribution in [3.05, 3.63) is 23.8 Å². The zero-order chi connectivity index (χ0) is 15.4. The minimum absolute atomic E-state index is 0.0734. The van der Waals surface area contributed by atoms with Crippen LogP contribution in [0.4, 0.5) is 0 Å². The van der Waals surface area contributed by atoms with Gasteiger partial charge in [-0.1, -0.05) is 19.8 Å². The van der Waals surface area contributed by atoms with Crippen LogP contribution in [0, 0.1) is 0 Å². The number of hydrogen-bond donors (Lipinski definition) is 1. The van der Waals surface area contributed by atoms with Gasteiger partial charge in [-0.2, -0.15) is 0 Å². The summed E-state index contributed by atoms with van der Waals surface area (Å²) in [6.07, 6.45) is 9.91. The third kappa shape index (κ3) is 3.24. The van der Waals surface area contributed by atoms with E-state index in [-0.39, 0.29) is 5.60 Å². The van der Waals surface area contributed by atoms with Crippen molar-refractivity contribution in [2.75, 3.05) is 13.7 Å². The summed E-state index contributed by atoms with van der Waals surface area (Å²) in [4.78, 5) is 0. The zero-order valence-electron chi connectivity index (χ0n) is 14.0. The zero-order valence-corrected chi connectivity index (χ0v) is 14.0. The van der Waals surface area contributed by atoms with E-state index < -0.39 is 0 Å². The molecule has 0 bridgehead atoms. The topological polar surface area (TPSA) is 30.5 Å². The van der Waals surface area contributed by atoms with Crippen LogP contribution in [0.5, 0.6) is 11.5 Å². The Morgan fingerprint density at radius 3 is 2.82 bits per heavy atom. The van der Waals surface area contributed by atoms with Gasteiger partial charge in [0, 0.05) is 18.0 Å². The summed E-state index contributed by atoms with van der Waals surface area (Å²) < 4.78 is 11.8. The molecule has 1 aliphatic heterocycles. The van der Waals surface area contributed by atoms with Crippen molar-refractivity contribution in [1.29, 1.82) is 0 Å². The third-order valence-corrected chi connectivity index (χ3v) is 5.18. The maximum Gasteiger partial charge on any atom is 0.125 e. The van der Waals surface area contributed by atoms with Crippen LogP contribution in [-0.4, -0.2) is 19.3 Å². The van der Waals surface area contributed by atoms with Gasteiger partial charge in [0.15, 0.2) is 0 Å². The summed E-state index contributed by atoms with van der Waals surface area (Å²) in [6.45, 7) is 3.34. The standard InChI is InChI=1S/C19H29NO2/c1-3-4-7-12-20-17-14-19(10-5-6-11-19)22-18-9-8-15(21-2)13-16(17)18/h8-9,13,17,20H,3-7,10-12,14H2,1-2H3. The number of hydrogen-bond acceptors (Lipinski definition) is 3. The molecule has 1 heterocycles. The highest BCUT2D eigenvalue weighted by Crippen LogP contribution is 2.47. The average Bonchev–Trinajstić information content (AvgIpc) is 2.98. The third-order valence-electron chi connectivity index (χ3n) is 5.18. The second-order valence-corrected chi connectivity index (χ2v) is 6.81. The highest BCUT2D eigenvalue weighted by atomic mass is 16.5. The number of fused-ring (bicyclic) bond motifs is 1. The molecule has 1 saturated carbocycles. The first-order chi connectivity index (χ1) is 10.8. The van der Waals surface area contributed by atoms with Crippen molar-refractivity contribution >= 4 is 0 Å². The normalized spacial score (nSPS) is 22.4. The summed E-state index contributed by atoms with van der Waals surface area (Å²) in [5.41, 5.74) is 1.35. The lowest BCUT2D eigenvalue weighted by molar-refractivity contribution is 0.0366. The Morgan fingerprint density at radius 1 is 1.27 bits per heavy atom. The minimum Gasteiger partial charge on any atom is -0.497 e. The van der Waals surface area contributed by atoms with Crippen molar-refractivity contribution in [3.63, 3.8) is 0 Å². The molecule has 1 spiro atoms. The molecule has 0 radical (unpaired) electrons. The summed E-state index contributed by atoms with van der Waals surface area (Å²) in [5, 5.41) is 3.78. The van der Waals surface area contributed by atoms with Crippen molar-refractivity contribution < 1.29 is 9.47 Å². The molecule has 122 valence electrons. The predicted octanol–water partition coefficient (Wildman–Crippen LogP) is 4.61. The lowest BCUT2D eigenvalue weighted by atomic mass is 9.85. The molecule has 1 aromatic carbocycles. The van der Waals surface area contributed by atoms with Gasteiger partial charge in [0.2, 0.25) is 0 Å². The fourth-order valence-corrected chi connectivity index (χ4v) is 3.93. The van der Waals surface area contributed by atoms with E-state index in [1.54, 1.807) is 7.11 Å². The van der Waals surface area contributed by atoms with Gasteiger partial charge in [-0.15, -0.1) is 0 Å². The van der Waals surface area contributed by atoms with Crippen molar-refractivity contribution in [3.8, 4) is 11.5 Å². The van der Waals surface area contributed by atoms with Crippen LogP contribution in [0.15, 0.2) is 18.2 Å². The Morgan fingerprint density at radius 2 is 2.09 bits per heavy atom. The predicted molar refractivity (Wildman–Crippen MR) is 89.7 cm³/mol.